The van der Waals surface area contributed by atoms with E-state index in [1.165, 1.54) is 4.90 Å². The van der Waals surface area contributed by atoms with Gasteiger partial charge in [-0.2, -0.15) is 13.2 Å². The minimum Gasteiger partial charge on any atom is -0.471 e. The van der Waals surface area contributed by atoms with Crippen molar-refractivity contribution in [3.8, 4) is 5.88 Å². The summed E-state index contributed by atoms with van der Waals surface area (Å²) in [7, 11) is 0. The smallest absolute Gasteiger partial charge is 0.416 e. The molecule has 2 aromatic rings. The van der Waals surface area contributed by atoms with Gasteiger partial charge in [0.1, 0.15) is 11.0 Å². The van der Waals surface area contributed by atoms with Crippen LogP contribution >= 0.6 is 11.5 Å². The molecular formula is C13H11F3N4O2S. The molecule has 1 saturated heterocycles. The summed E-state index contributed by atoms with van der Waals surface area (Å²) in [5, 5.41) is 3.77. The van der Waals surface area contributed by atoms with E-state index in [0.717, 1.165) is 29.9 Å². The Labute approximate surface area is 133 Å². The summed E-state index contributed by atoms with van der Waals surface area (Å²) in [6, 6.07) is 1.73. The molecule has 0 atom stereocenters. The number of ether oxygens (including phenoxy) is 1. The molecule has 0 N–H and O–H groups in total. The Kier molecular flexibility index (Phi) is 3.92. The van der Waals surface area contributed by atoms with Gasteiger partial charge in [-0.25, -0.2) is 4.98 Å². The molecule has 6 nitrogen and oxygen atoms in total. The number of halogens is 3. The number of hydrogen-bond acceptors (Lipinski definition) is 6. The molecule has 1 fully saturated rings. The lowest BCUT2D eigenvalue weighted by molar-refractivity contribution is -0.137. The van der Waals surface area contributed by atoms with Gasteiger partial charge in [-0.15, -0.1) is 5.10 Å². The summed E-state index contributed by atoms with van der Waals surface area (Å²) in [4.78, 5) is 17.9. The number of likely N-dealkylation sites (tertiary alicyclic amines) is 1. The number of carbonyl (C=O) groups excluding carboxylic acids is 1. The number of carbonyl (C=O) groups is 1. The first-order valence-corrected chi connectivity index (χ1v) is 7.40. The van der Waals surface area contributed by atoms with E-state index in [9.17, 15) is 18.0 Å². The van der Waals surface area contributed by atoms with Gasteiger partial charge >= 0.3 is 6.18 Å². The van der Waals surface area contributed by atoms with E-state index in [1.807, 2.05) is 0 Å². The second-order valence-corrected chi connectivity index (χ2v) is 5.77. The molecule has 0 spiro atoms. The lowest BCUT2D eigenvalue weighted by atomic mass is 10.1. The molecule has 122 valence electrons. The highest BCUT2D eigenvalue weighted by atomic mass is 32.1. The van der Waals surface area contributed by atoms with Crippen LogP contribution in [0.3, 0.4) is 0 Å². The van der Waals surface area contributed by atoms with Crippen LogP contribution in [0, 0.1) is 6.92 Å². The molecule has 1 aliphatic heterocycles. The zero-order valence-electron chi connectivity index (χ0n) is 11.9. The van der Waals surface area contributed by atoms with Gasteiger partial charge in [-0.05, 0) is 24.5 Å². The topological polar surface area (TPSA) is 68.2 Å². The first kappa shape index (κ1) is 15.7. The Hall–Kier alpha value is -2.23. The number of amides is 1. The van der Waals surface area contributed by atoms with Gasteiger partial charge in [0.15, 0.2) is 0 Å². The fourth-order valence-electron chi connectivity index (χ4n) is 2.07. The van der Waals surface area contributed by atoms with E-state index in [-0.39, 0.29) is 31.0 Å². The third-order valence-electron chi connectivity index (χ3n) is 3.33. The monoisotopic (exact) mass is 344 g/mol. The number of aromatic nitrogens is 3. The van der Waals surface area contributed by atoms with Crippen LogP contribution in [0.5, 0.6) is 5.88 Å². The largest absolute Gasteiger partial charge is 0.471 e. The Morgan fingerprint density at radius 3 is 2.78 bits per heavy atom. The van der Waals surface area contributed by atoms with Crippen LogP contribution < -0.4 is 4.74 Å². The lowest BCUT2D eigenvalue weighted by Gasteiger charge is -2.38. The predicted molar refractivity (Wildman–Crippen MR) is 74.2 cm³/mol. The molecule has 0 saturated carbocycles. The van der Waals surface area contributed by atoms with Crippen LogP contribution in [0.4, 0.5) is 13.2 Å². The molecule has 1 aliphatic rings. The number of nitrogens with zero attached hydrogens (tertiary/aromatic N) is 4. The number of pyridine rings is 1. The first-order valence-electron chi connectivity index (χ1n) is 6.62. The van der Waals surface area contributed by atoms with Crippen LogP contribution in [0.1, 0.15) is 20.9 Å². The third kappa shape index (κ3) is 3.26. The number of rotatable bonds is 3. The minimum atomic E-state index is -4.45. The molecule has 0 radical (unpaired) electrons. The van der Waals surface area contributed by atoms with Crippen LogP contribution in [0.15, 0.2) is 18.3 Å². The average molecular weight is 344 g/mol. The fraction of sp³-hybridized carbons (Fsp3) is 0.385. The molecule has 0 aliphatic carbocycles. The maximum Gasteiger partial charge on any atom is 0.416 e. The van der Waals surface area contributed by atoms with Crippen molar-refractivity contribution in [1.29, 1.82) is 0 Å². The maximum absolute atomic E-state index is 12.6. The lowest BCUT2D eigenvalue weighted by Crippen LogP contribution is -2.56. The van der Waals surface area contributed by atoms with Crippen LogP contribution in [-0.2, 0) is 6.18 Å². The zero-order chi connectivity index (χ0) is 16.6. The van der Waals surface area contributed by atoms with Gasteiger partial charge in [-0.1, -0.05) is 4.49 Å². The van der Waals surface area contributed by atoms with E-state index in [4.69, 9.17) is 4.74 Å². The Balaban J connectivity index is 1.59. The van der Waals surface area contributed by atoms with E-state index in [0.29, 0.717) is 10.6 Å². The third-order valence-corrected chi connectivity index (χ3v) is 4.15. The normalized spacial score (nSPS) is 15.4. The minimum absolute atomic E-state index is 0.104. The summed E-state index contributed by atoms with van der Waals surface area (Å²) < 4.78 is 46.9. The SMILES string of the molecule is Cc1nnsc1C(=O)N1CC(Oc2cc(C(F)(F)F)ccn2)C1. The summed E-state index contributed by atoms with van der Waals surface area (Å²) in [5.41, 5.74) is -0.259. The Morgan fingerprint density at radius 2 is 2.17 bits per heavy atom. The number of aryl methyl sites for hydroxylation is 1. The van der Waals surface area contributed by atoms with Crippen molar-refractivity contribution in [2.45, 2.75) is 19.2 Å². The average Bonchev–Trinajstić information content (AvgIpc) is 2.87. The highest BCUT2D eigenvalue weighted by Gasteiger charge is 2.35. The standard InChI is InChI=1S/C13H11F3N4O2S/c1-7-11(23-19-18-7)12(21)20-5-9(6-20)22-10-4-8(2-3-17-10)13(14,15)16/h2-4,9H,5-6H2,1H3. The van der Waals surface area contributed by atoms with Gasteiger partial charge in [0.2, 0.25) is 5.88 Å². The summed E-state index contributed by atoms with van der Waals surface area (Å²) in [6.07, 6.45) is -3.78. The molecule has 3 heterocycles. The Morgan fingerprint density at radius 1 is 1.43 bits per heavy atom. The second kappa shape index (κ2) is 5.76. The van der Waals surface area contributed by atoms with Crippen molar-refractivity contribution in [3.63, 3.8) is 0 Å². The molecule has 1 amide bonds. The summed E-state index contributed by atoms with van der Waals surface area (Å²) in [6.45, 7) is 2.26. The fourth-order valence-corrected chi connectivity index (χ4v) is 2.70. The quantitative estimate of drug-likeness (QED) is 0.854. The van der Waals surface area contributed by atoms with Gasteiger partial charge in [0.25, 0.3) is 5.91 Å². The maximum atomic E-state index is 12.6. The van der Waals surface area contributed by atoms with Crippen LogP contribution in [0.25, 0.3) is 0 Å². The summed E-state index contributed by atoms with van der Waals surface area (Å²) in [5.74, 6) is -0.304. The van der Waals surface area contributed by atoms with Gasteiger partial charge in [0, 0.05) is 12.3 Å². The molecule has 0 unspecified atom stereocenters. The van der Waals surface area contributed by atoms with Crippen molar-refractivity contribution in [1.82, 2.24) is 19.5 Å². The molecule has 10 heteroatoms. The first-order chi connectivity index (χ1) is 10.8. The van der Waals surface area contributed by atoms with Crippen molar-refractivity contribution < 1.29 is 22.7 Å². The molecule has 0 aromatic carbocycles. The number of hydrogen-bond donors (Lipinski definition) is 0. The highest BCUT2D eigenvalue weighted by Crippen LogP contribution is 2.31. The van der Waals surface area contributed by atoms with Gasteiger partial charge in [-0.3, -0.25) is 4.79 Å². The molecule has 0 bridgehead atoms. The molecule has 2 aromatic heterocycles. The summed E-state index contributed by atoms with van der Waals surface area (Å²) >= 11 is 1.01. The van der Waals surface area contributed by atoms with Gasteiger partial charge < -0.3 is 9.64 Å². The molecule has 3 rings (SSSR count). The predicted octanol–water partition coefficient (Wildman–Crippen LogP) is 2.16. The van der Waals surface area contributed by atoms with Crippen molar-refractivity contribution >= 4 is 17.4 Å². The zero-order valence-corrected chi connectivity index (χ0v) is 12.7. The van der Waals surface area contributed by atoms with E-state index in [1.54, 1.807) is 6.92 Å². The van der Waals surface area contributed by atoms with Crippen molar-refractivity contribution in [2.75, 3.05) is 13.1 Å². The van der Waals surface area contributed by atoms with Crippen LogP contribution in [0.2, 0.25) is 0 Å². The van der Waals surface area contributed by atoms with E-state index in [2.05, 4.69) is 14.6 Å². The number of alkyl halides is 3. The van der Waals surface area contributed by atoms with Crippen LogP contribution in [-0.4, -0.2) is 44.6 Å². The Bertz CT molecular complexity index is 728. The molecule has 23 heavy (non-hydrogen) atoms. The van der Waals surface area contributed by atoms with Crippen molar-refractivity contribution in [2.24, 2.45) is 0 Å². The van der Waals surface area contributed by atoms with Gasteiger partial charge in [0.05, 0.1) is 24.3 Å². The second-order valence-electron chi connectivity index (χ2n) is 5.02. The van der Waals surface area contributed by atoms with Crippen molar-refractivity contribution in [3.05, 3.63) is 34.5 Å². The van der Waals surface area contributed by atoms with E-state index >= 15 is 0 Å². The molecular weight excluding hydrogens is 333 g/mol. The van der Waals surface area contributed by atoms with E-state index < -0.39 is 11.7 Å². The highest BCUT2D eigenvalue weighted by molar-refractivity contribution is 7.07.